The van der Waals surface area contributed by atoms with Crippen LogP contribution in [0.4, 0.5) is 0 Å². The van der Waals surface area contributed by atoms with Crippen LogP contribution in [0.25, 0.3) is 0 Å². The van der Waals surface area contributed by atoms with Gasteiger partial charge in [0, 0.05) is 19.4 Å². The minimum absolute atomic E-state index is 0.0232. The molecule has 0 saturated carbocycles. The van der Waals surface area contributed by atoms with Crippen molar-refractivity contribution in [3.05, 3.63) is 64.1 Å². The Morgan fingerprint density at radius 2 is 1.90 bits per heavy atom. The van der Waals surface area contributed by atoms with Crippen LogP contribution in [0.5, 0.6) is 5.75 Å². The first-order valence-electron chi connectivity index (χ1n) is 6.66. The molecule has 1 aromatic carbocycles. The molecule has 0 bridgehead atoms. The lowest BCUT2D eigenvalue weighted by atomic mass is 10.2. The Labute approximate surface area is 122 Å². The van der Waals surface area contributed by atoms with Crippen molar-refractivity contribution in [2.75, 3.05) is 6.61 Å². The minimum Gasteiger partial charge on any atom is -0.483 e. The zero-order valence-electron chi connectivity index (χ0n) is 12.0. The summed E-state index contributed by atoms with van der Waals surface area (Å²) in [6.07, 6.45) is 2.99. The van der Waals surface area contributed by atoms with Gasteiger partial charge in [-0.05, 0) is 12.5 Å². The fourth-order valence-electron chi connectivity index (χ4n) is 1.87. The van der Waals surface area contributed by atoms with Crippen LogP contribution in [-0.2, 0) is 18.4 Å². The molecule has 2 aromatic rings. The summed E-state index contributed by atoms with van der Waals surface area (Å²) in [6.45, 7) is 2.18. The van der Waals surface area contributed by atoms with E-state index in [1.807, 2.05) is 30.3 Å². The molecule has 21 heavy (non-hydrogen) atoms. The van der Waals surface area contributed by atoms with Crippen molar-refractivity contribution < 1.29 is 14.3 Å². The maximum Gasteiger partial charge on any atom is 0.343 e. The predicted molar refractivity (Wildman–Crippen MR) is 78.4 cm³/mol. The van der Waals surface area contributed by atoms with Crippen molar-refractivity contribution in [1.82, 2.24) is 4.57 Å². The van der Waals surface area contributed by atoms with E-state index in [1.54, 1.807) is 24.7 Å². The van der Waals surface area contributed by atoms with Gasteiger partial charge in [-0.25, -0.2) is 4.79 Å². The Kier molecular flexibility index (Phi) is 4.77. The molecular weight excluding hydrogens is 270 g/mol. The summed E-state index contributed by atoms with van der Waals surface area (Å²) in [7, 11) is 1.72. The molecule has 1 aromatic heterocycles. The van der Waals surface area contributed by atoms with Crippen molar-refractivity contribution in [3.63, 3.8) is 0 Å². The van der Waals surface area contributed by atoms with Crippen molar-refractivity contribution >= 4 is 5.97 Å². The molecule has 110 valence electrons. The summed E-state index contributed by atoms with van der Waals surface area (Å²) in [5.74, 6) is -0.504. The van der Waals surface area contributed by atoms with Crippen molar-refractivity contribution in [3.8, 4) is 5.75 Å². The average Bonchev–Trinajstić information content (AvgIpc) is 2.49. The minimum atomic E-state index is -0.636. The number of nitrogens with zero attached hydrogens (tertiary/aromatic N) is 1. The second-order valence-corrected chi connectivity index (χ2v) is 4.53. The summed E-state index contributed by atoms with van der Waals surface area (Å²) in [5.41, 5.74) is 0.466. The third kappa shape index (κ3) is 3.72. The largest absolute Gasteiger partial charge is 0.483 e. The SMILES string of the molecule is CCOC(=O)c1cn(C)cc(OCc2ccccc2)c1=O. The second-order valence-electron chi connectivity index (χ2n) is 4.53. The molecule has 1 heterocycles. The smallest absolute Gasteiger partial charge is 0.343 e. The van der Waals surface area contributed by atoms with Crippen molar-refractivity contribution in [1.29, 1.82) is 0 Å². The number of aryl methyl sites for hydroxylation is 1. The molecule has 5 nitrogen and oxygen atoms in total. The van der Waals surface area contributed by atoms with Crippen LogP contribution in [0, 0.1) is 0 Å². The molecular formula is C16H17NO4. The lowest BCUT2D eigenvalue weighted by Gasteiger charge is -2.09. The first-order valence-corrected chi connectivity index (χ1v) is 6.66. The van der Waals surface area contributed by atoms with Crippen LogP contribution < -0.4 is 10.2 Å². The molecule has 0 atom stereocenters. The fraction of sp³-hybridized carbons (Fsp3) is 0.250. The van der Waals surface area contributed by atoms with Gasteiger partial charge in [-0.3, -0.25) is 4.79 Å². The Bertz CT molecular complexity index is 676. The number of pyridine rings is 1. The van der Waals surface area contributed by atoms with Gasteiger partial charge in [0.1, 0.15) is 12.2 Å². The van der Waals surface area contributed by atoms with Gasteiger partial charge in [-0.15, -0.1) is 0 Å². The van der Waals surface area contributed by atoms with Crippen LogP contribution in [0.15, 0.2) is 47.5 Å². The quantitative estimate of drug-likeness (QED) is 0.791. The van der Waals surface area contributed by atoms with E-state index in [-0.39, 0.29) is 24.5 Å². The number of carbonyl (C=O) groups excluding carboxylic acids is 1. The standard InChI is InChI=1S/C16H17NO4/c1-3-20-16(19)13-9-17(2)10-14(15(13)18)21-11-12-7-5-4-6-8-12/h4-10H,3,11H2,1-2H3. The van der Waals surface area contributed by atoms with E-state index in [9.17, 15) is 9.59 Å². The van der Waals surface area contributed by atoms with Crippen LogP contribution in [0.1, 0.15) is 22.8 Å². The van der Waals surface area contributed by atoms with E-state index in [0.717, 1.165) is 5.56 Å². The van der Waals surface area contributed by atoms with Gasteiger partial charge in [0.15, 0.2) is 5.75 Å². The highest BCUT2D eigenvalue weighted by Gasteiger charge is 2.16. The monoisotopic (exact) mass is 287 g/mol. The summed E-state index contributed by atoms with van der Waals surface area (Å²) in [6, 6.07) is 9.50. The summed E-state index contributed by atoms with van der Waals surface area (Å²) < 4.78 is 12.0. The molecule has 0 unspecified atom stereocenters. The summed E-state index contributed by atoms with van der Waals surface area (Å²) in [4.78, 5) is 24.0. The fourth-order valence-corrected chi connectivity index (χ4v) is 1.87. The van der Waals surface area contributed by atoms with Gasteiger partial charge >= 0.3 is 5.97 Å². The lowest BCUT2D eigenvalue weighted by molar-refractivity contribution is 0.0523. The van der Waals surface area contributed by atoms with Crippen LogP contribution in [0.3, 0.4) is 0 Å². The van der Waals surface area contributed by atoms with Crippen LogP contribution in [0.2, 0.25) is 0 Å². The third-order valence-electron chi connectivity index (χ3n) is 2.85. The van der Waals surface area contributed by atoms with E-state index in [0.29, 0.717) is 0 Å². The zero-order valence-corrected chi connectivity index (χ0v) is 12.0. The molecule has 0 N–H and O–H groups in total. The molecule has 0 aliphatic carbocycles. The summed E-state index contributed by atoms with van der Waals surface area (Å²) >= 11 is 0. The molecule has 0 aliphatic heterocycles. The van der Waals surface area contributed by atoms with Crippen molar-refractivity contribution in [2.24, 2.45) is 7.05 Å². The van der Waals surface area contributed by atoms with Crippen LogP contribution in [-0.4, -0.2) is 17.1 Å². The number of aromatic nitrogens is 1. The van der Waals surface area contributed by atoms with Crippen LogP contribution >= 0.6 is 0 Å². The highest BCUT2D eigenvalue weighted by atomic mass is 16.5. The van der Waals surface area contributed by atoms with Gasteiger partial charge in [0.05, 0.1) is 6.61 Å². The normalized spacial score (nSPS) is 10.2. The molecule has 0 saturated heterocycles. The number of rotatable bonds is 5. The number of hydrogen-bond acceptors (Lipinski definition) is 4. The Hall–Kier alpha value is -2.56. The van der Waals surface area contributed by atoms with E-state index >= 15 is 0 Å². The highest BCUT2D eigenvalue weighted by molar-refractivity contribution is 5.89. The van der Waals surface area contributed by atoms with E-state index in [2.05, 4.69) is 0 Å². The molecule has 0 amide bonds. The number of esters is 1. The molecule has 0 fully saturated rings. The maximum atomic E-state index is 12.2. The topological polar surface area (TPSA) is 57.5 Å². The number of benzene rings is 1. The second kappa shape index (κ2) is 6.74. The average molecular weight is 287 g/mol. The Balaban J connectivity index is 2.24. The first-order chi connectivity index (χ1) is 10.1. The first kappa shape index (κ1) is 14.8. The van der Waals surface area contributed by atoms with Crippen molar-refractivity contribution in [2.45, 2.75) is 13.5 Å². The van der Waals surface area contributed by atoms with Gasteiger partial charge in [0.25, 0.3) is 0 Å². The van der Waals surface area contributed by atoms with E-state index in [4.69, 9.17) is 9.47 Å². The Morgan fingerprint density at radius 3 is 2.57 bits per heavy atom. The van der Waals surface area contributed by atoms with E-state index < -0.39 is 11.4 Å². The molecule has 5 heteroatoms. The predicted octanol–water partition coefficient (Wildman–Crippen LogP) is 2.14. The number of ether oxygens (including phenoxy) is 2. The number of carbonyl (C=O) groups is 1. The zero-order chi connectivity index (χ0) is 15.2. The molecule has 0 radical (unpaired) electrons. The number of hydrogen-bond donors (Lipinski definition) is 0. The molecule has 2 rings (SSSR count). The molecule has 0 aliphatic rings. The van der Waals surface area contributed by atoms with Gasteiger partial charge in [0.2, 0.25) is 5.43 Å². The highest BCUT2D eigenvalue weighted by Crippen LogP contribution is 2.09. The Morgan fingerprint density at radius 1 is 1.19 bits per heavy atom. The lowest BCUT2D eigenvalue weighted by Crippen LogP contribution is -2.21. The third-order valence-corrected chi connectivity index (χ3v) is 2.85. The van der Waals surface area contributed by atoms with E-state index in [1.165, 1.54) is 6.20 Å². The summed E-state index contributed by atoms with van der Waals surface area (Å²) in [5, 5.41) is 0. The molecule has 0 spiro atoms. The maximum absolute atomic E-state index is 12.2. The van der Waals surface area contributed by atoms with Gasteiger partial charge < -0.3 is 14.0 Å². The van der Waals surface area contributed by atoms with Gasteiger partial charge in [-0.1, -0.05) is 30.3 Å². The van der Waals surface area contributed by atoms with Gasteiger partial charge in [-0.2, -0.15) is 0 Å².